The number of hydrogen-bond donors (Lipinski definition) is 2. The molecule has 104 valence electrons. The highest BCUT2D eigenvalue weighted by Gasteiger charge is 2.29. The van der Waals surface area contributed by atoms with E-state index in [1.807, 2.05) is 6.92 Å². The molecule has 0 amide bonds. The molecule has 0 saturated carbocycles. The van der Waals surface area contributed by atoms with E-state index in [1.165, 1.54) is 0 Å². The molecule has 5 heteroatoms. The quantitative estimate of drug-likeness (QED) is 0.877. The Bertz CT molecular complexity index is 494. The van der Waals surface area contributed by atoms with Gasteiger partial charge in [-0.05, 0) is 45.2 Å². The Morgan fingerprint density at radius 2 is 2.05 bits per heavy atom. The van der Waals surface area contributed by atoms with Crippen molar-refractivity contribution >= 4 is 11.8 Å². The minimum atomic E-state index is -0.942. The maximum Gasteiger partial charge on any atom is 0.339 e. The molecular formula is C14H20N2O3. The lowest BCUT2D eigenvalue weighted by atomic mass is 9.92. The monoisotopic (exact) mass is 264 g/mol. The zero-order valence-electron chi connectivity index (χ0n) is 11.6. The van der Waals surface area contributed by atoms with Gasteiger partial charge in [0.25, 0.3) is 0 Å². The largest absolute Gasteiger partial charge is 0.478 e. The average molecular weight is 264 g/mol. The first kappa shape index (κ1) is 13.8. The molecule has 0 spiro atoms. The summed E-state index contributed by atoms with van der Waals surface area (Å²) >= 11 is 0. The first-order chi connectivity index (χ1) is 8.91. The molecule has 1 aromatic heterocycles. The van der Waals surface area contributed by atoms with E-state index >= 15 is 0 Å². The van der Waals surface area contributed by atoms with Crippen molar-refractivity contribution in [1.82, 2.24) is 4.98 Å². The van der Waals surface area contributed by atoms with Crippen LogP contribution >= 0.6 is 0 Å². The number of nitrogens with one attached hydrogen (secondary N) is 1. The molecule has 2 heterocycles. The Labute approximate surface area is 113 Å². The van der Waals surface area contributed by atoms with Gasteiger partial charge in [0.1, 0.15) is 11.4 Å². The topological polar surface area (TPSA) is 71.5 Å². The van der Waals surface area contributed by atoms with Crippen molar-refractivity contribution in [3.63, 3.8) is 0 Å². The van der Waals surface area contributed by atoms with Gasteiger partial charge in [0.2, 0.25) is 0 Å². The van der Waals surface area contributed by atoms with Gasteiger partial charge >= 0.3 is 5.97 Å². The van der Waals surface area contributed by atoms with Crippen molar-refractivity contribution in [3.8, 4) is 0 Å². The van der Waals surface area contributed by atoms with Gasteiger partial charge in [0.15, 0.2) is 0 Å². The van der Waals surface area contributed by atoms with Crippen LogP contribution in [-0.4, -0.2) is 34.8 Å². The van der Waals surface area contributed by atoms with Crippen LogP contribution in [0.3, 0.4) is 0 Å². The fourth-order valence-electron chi connectivity index (χ4n) is 2.43. The number of hydrogen-bond acceptors (Lipinski definition) is 4. The maximum absolute atomic E-state index is 11.4. The van der Waals surface area contributed by atoms with Crippen molar-refractivity contribution < 1.29 is 14.6 Å². The summed E-state index contributed by atoms with van der Waals surface area (Å²) in [6.07, 6.45) is 1.70. The highest BCUT2D eigenvalue weighted by atomic mass is 16.5. The lowest BCUT2D eigenvalue weighted by molar-refractivity contribution is 0.0654. The molecule has 2 rings (SSSR count). The Morgan fingerprint density at radius 1 is 1.42 bits per heavy atom. The van der Waals surface area contributed by atoms with Crippen LogP contribution in [0.5, 0.6) is 0 Å². The van der Waals surface area contributed by atoms with Gasteiger partial charge in [0, 0.05) is 24.4 Å². The standard InChI is InChI=1S/C14H20N2O3/c1-9-8-10(2)15-12(11(9)13(17)18)16-14(3)4-6-19-7-5-14/h8H,4-7H2,1-3H3,(H,15,16)(H,17,18). The SMILES string of the molecule is Cc1cc(C)c(C(=O)O)c(NC2(C)CCOCC2)n1. The Hall–Kier alpha value is -1.62. The number of carboxylic acid groups (broad SMARTS) is 1. The Balaban J connectivity index is 2.35. The number of aryl methyl sites for hydroxylation is 2. The van der Waals surface area contributed by atoms with Gasteiger partial charge in [0.05, 0.1) is 0 Å². The molecule has 1 saturated heterocycles. The molecule has 0 aromatic carbocycles. The summed E-state index contributed by atoms with van der Waals surface area (Å²) in [6.45, 7) is 7.14. The first-order valence-corrected chi connectivity index (χ1v) is 6.49. The van der Waals surface area contributed by atoms with E-state index in [1.54, 1.807) is 13.0 Å². The summed E-state index contributed by atoms with van der Waals surface area (Å²) in [5, 5.41) is 12.7. The molecule has 1 aliphatic rings. The number of carboxylic acids is 1. The number of aromatic nitrogens is 1. The van der Waals surface area contributed by atoms with Crippen molar-refractivity contribution in [1.29, 1.82) is 0 Å². The predicted molar refractivity (Wildman–Crippen MR) is 72.8 cm³/mol. The summed E-state index contributed by atoms with van der Waals surface area (Å²) in [5.41, 5.74) is 1.66. The molecule has 0 bridgehead atoms. The third-order valence-electron chi connectivity index (χ3n) is 3.58. The van der Waals surface area contributed by atoms with Gasteiger partial charge in [-0.25, -0.2) is 9.78 Å². The summed E-state index contributed by atoms with van der Waals surface area (Å²) in [7, 11) is 0. The zero-order valence-corrected chi connectivity index (χ0v) is 11.6. The summed E-state index contributed by atoms with van der Waals surface area (Å²) in [5.74, 6) is -0.474. The van der Waals surface area contributed by atoms with E-state index in [2.05, 4.69) is 17.2 Å². The normalized spacial score (nSPS) is 18.1. The molecular weight excluding hydrogens is 244 g/mol. The van der Waals surface area contributed by atoms with Crippen LogP contribution in [0.25, 0.3) is 0 Å². The smallest absolute Gasteiger partial charge is 0.339 e. The number of rotatable bonds is 3. The summed E-state index contributed by atoms with van der Waals surface area (Å²) in [4.78, 5) is 15.8. The second kappa shape index (κ2) is 5.17. The van der Waals surface area contributed by atoms with E-state index in [0.717, 1.165) is 24.1 Å². The molecule has 1 aromatic rings. The third-order valence-corrected chi connectivity index (χ3v) is 3.58. The van der Waals surface area contributed by atoms with Crippen LogP contribution in [0, 0.1) is 13.8 Å². The predicted octanol–water partition coefficient (Wildman–Crippen LogP) is 2.38. The molecule has 0 atom stereocenters. The van der Waals surface area contributed by atoms with E-state index in [0.29, 0.717) is 19.0 Å². The van der Waals surface area contributed by atoms with Gasteiger partial charge in [-0.15, -0.1) is 0 Å². The fraction of sp³-hybridized carbons (Fsp3) is 0.571. The molecule has 2 N–H and O–H groups in total. The van der Waals surface area contributed by atoms with E-state index in [-0.39, 0.29) is 11.1 Å². The summed E-state index contributed by atoms with van der Waals surface area (Å²) in [6, 6.07) is 1.79. The van der Waals surface area contributed by atoms with Crippen molar-refractivity contribution in [3.05, 3.63) is 22.9 Å². The first-order valence-electron chi connectivity index (χ1n) is 6.49. The van der Waals surface area contributed by atoms with Gasteiger partial charge < -0.3 is 15.2 Å². The van der Waals surface area contributed by atoms with Gasteiger partial charge in [-0.3, -0.25) is 0 Å². The number of carbonyl (C=O) groups is 1. The number of nitrogens with zero attached hydrogens (tertiary/aromatic N) is 1. The molecule has 0 unspecified atom stereocenters. The molecule has 19 heavy (non-hydrogen) atoms. The number of pyridine rings is 1. The molecule has 1 aliphatic heterocycles. The van der Waals surface area contributed by atoms with Crippen LogP contribution in [0.4, 0.5) is 5.82 Å². The molecule has 0 radical (unpaired) electrons. The average Bonchev–Trinajstić information content (AvgIpc) is 2.27. The molecule has 1 fully saturated rings. The lowest BCUT2D eigenvalue weighted by Crippen LogP contribution is -2.41. The van der Waals surface area contributed by atoms with Crippen LogP contribution in [0.2, 0.25) is 0 Å². The van der Waals surface area contributed by atoms with Crippen molar-refractivity contribution in [2.45, 2.75) is 39.2 Å². The highest BCUT2D eigenvalue weighted by molar-refractivity contribution is 5.95. The van der Waals surface area contributed by atoms with E-state index in [4.69, 9.17) is 4.74 Å². The Kier molecular flexibility index (Phi) is 3.75. The molecule has 0 aliphatic carbocycles. The van der Waals surface area contributed by atoms with Gasteiger partial charge in [-0.1, -0.05) is 0 Å². The highest BCUT2D eigenvalue weighted by Crippen LogP contribution is 2.28. The van der Waals surface area contributed by atoms with Crippen LogP contribution in [0.15, 0.2) is 6.07 Å². The van der Waals surface area contributed by atoms with E-state index < -0.39 is 5.97 Å². The number of anilines is 1. The van der Waals surface area contributed by atoms with Gasteiger partial charge in [-0.2, -0.15) is 0 Å². The third kappa shape index (κ3) is 3.04. The maximum atomic E-state index is 11.4. The van der Waals surface area contributed by atoms with Crippen LogP contribution < -0.4 is 5.32 Å². The zero-order chi connectivity index (χ0) is 14.0. The second-order valence-corrected chi connectivity index (χ2v) is 5.41. The number of ether oxygens (including phenoxy) is 1. The lowest BCUT2D eigenvalue weighted by Gasteiger charge is -2.35. The van der Waals surface area contributed by atoms with Crippen molar-refractivity contribution in [2.75, 3.05) is 18.5 Å². The Morgan fingerprint density at radius 3 is 2.63 bits per heavy atom. The summed E-state index contributed by atoms with van der Waals surface area (Å²) < 4.78 is 5.35. The van der Waals surface area contributed by atoms with Crippen molar-refractivity contribution in [2.24, 2.45) is 0 Å². The number of aromatic carboxylic acids is 1. The fourth-order valence-corrected chi connectivity index (χ4v) is 2.43. The second-order valence-electron chi connectivity index (χ2n) is 5.41. The van der Waals surface area contributed by atoms with Crippen LogP contribution in [-0.2, 0) is 4.74 Å². The minimum absolute atomic E-state index is 0.157. The minimum Gasteiger partial charge on any atom is -0.478 e. The molecule has 5 nitrogen and oxygen atoms in total. The van der Waals surface area contributed by atoms with E-state index in [9.17, 15) is 9.90 Å². The van der Waals surface area contributed by atoms with Crippen LogP contribution in [0.1, 0.15) is 41.4 Å².